The Bertz CT molecular complexity index is 788. The second-order valence-corrected chi connectivity index (χ2v) is 6.59. The van der Waals surface area contributed by atoms with Crippen LogP contribution in [-0.4, -0.2) is 10.7 Å². The normalized spacial score (nSPS) is 11.1. The molecule has 0 saturated carbocycles. The molecule has 0 aliphatic carbocycles. The third-order valence-electron chi connectivity index (χ3n) is 3.01. The van der Waals surface area contributed by atoms with E-state index in [2.05, 4.69) is 0 Å². The molecule has 0 aliphatic heterocycles. The maximum Gasteiger partial charge on any atom is 0.167 e. The van der Waals surface area contributed by atoms with Gasteiger partial charge in [-0.2, -0.15) is 0 Å². The third-order valence-corrected chi connectivity index (χ3v) is 4.50. The van der Waals surface area contributed by atoms with Gasteiger partial charge in [0.25, 0.3) is 0 Å². The number of aromatic nitrogens is 1. The van der Waals surface area contributed by atoms with E-state index in [9.17, 15) is 4.79 Å². The van der Waals surface area contributed by atoms with Crippen molar-refractivity contribution >= 4 is 46.3 Å². The van der Waals surface area contributed by atoms with Gasteiger partial charge in [-0.15, -0.1) is 11.3 Å². The Balaban J connectivity index is 2.35. The Hall–Kier alpha value is -1.29. The highest BCUT2D eigenvalue weighted by atomic mass is 35.5. The number of hydrogen-bond donors (Lipinski definition) is 0. The molecule has 0 unspecified atom stereocenters. The van der Waals surface area contributed by atoms with Crippen LogP contribution in [-0.2, 0) is 0 Å². The van der Waals surface area contributed by atoms with E-state index in [4.69, 9.17) is 23.2 Å². The number of rotatable bonds is 2. The van der Waals surface area contributed by atoms with Crippen molar-refractivity contribution in [2.24, 2.45) is 0 Å². The first kappa shape index (κ1) is 12.7. The maximum atomic E-state index is 11.4. The predicted octanol–water partition coefficient (Wildman–Crippen LogP) is 5.10. The highest BCUT2D eigenvalue weighted by molar-refractivity contribution is 7.20. The summed E-state index contributed by atoms with van der Waals surface area (Å²) in [6.07, 6.45) is 2.79. The smallest absolute Gasteiger partial charge is 0.167 e. The van der Waals surface area contributed by atoms with Gasteiger partial charge in [0.2, 0.25) is 0 Å². The number of fused-ring (bicyclic) bond motifs is 1. The van der Waals surface area contributed by atoms with Crippen LogP contribution in [0.15, 0.2) is 30.5 Å². The molecule has 0 fully saturated rings. The maximum absolute atomic E-state index is 11.4. The van der Waals surface area contributed by atoms with E-state index in [0.717, 1.165) is 28.5 Å². The molecule has 0 radical (unpaired) electrons. The minimum Gasteiger partial charge on any atom is -0.313 e. The van der Waals surface area contributed by atoms with Crippen molar-refractivity contribution in [3.8, 4) is 11.1 Å². The fraction of sp³-hybridized carbons (Fsp3) is 0.0714. The number of carbonyl (C=O) groups is 1. The number of aldehydes is 1. The van der Waals surface area contributed by atoms with Gasteiger partial charge in [0.15, 0.2) is 6.29 Å². The molecule has 0 bridgehead atoms. The summed E-state index contributed by atoms with van der Waals surface area (Å²) in [5.74, 6) is 0. The molecule has 0 aromatic carbocycles. The number of halogens is 2. The molecule has 0 N–H and O–H groups in total. The van der Waals surface area contributed by atoms with Gasteiger partial charge in [-0.1, -0.05) is 29.3 Å². The van der Waals surface area contributed by atoms with Gasteiger partial charge >= 0.3 is 0 Å². The average Bonchev–Trinajstić information content (AvgIpc) is 2.88. The van der Waals surface area contributed by atoms with E-state index < -0.39 is 0 Å². The van der Waals surface area contributed by atoms with Gasteiger partial charge in [-0.05, 0) is 30.7 Å². The summed E-state index contributed by atoms with van der Waals surface area (Å²) < 4.78 is 3.09. The van der Waals surface area contributed by atoms with Crippen molar-refractivity contribution < 1.29 is 4.79 Å². The topological polar surface area (TPSA) is 21.5 Å². The van der Waals surface area contributed by atoms with E-state index >= 15 is 0 Å². The molecule has 96 valence electrons. The van der Waals surface area contributed by atoms with Crippen LogP contribution in [0.4, 0.5) is 0 Å². The predicted molar refractivity (Wildman–Crippen MR) is 80.9 cm³/mol. The lowest BCUT2D eigenvalue weighted by molar-refractivity contribution is 0.111. The Morgan fingerprint density at radius 1 is 1.21 bits per heavy atom. The fourth-order valence-corrected chi connectivity index (χ4v) is 3.65. The molecule has 0 atom stereocenters. The molecular weight excluding hydrogens is 301 g/mol. The summed E-state index contributed by atoms with van der Waals surface area (Å²) in [6.45, 7) is 1.99. The lowest BCUT2D eigenvalue weighted by atomic mass is 10.1. The lowest BCUT2D eigenvalue weighted by Gasteiger charge is -2.00. The van der Waals surface area contributed by atoms with Gasteiger partial charge in [0.1, 0.15) is 4.34 Å². The van der Waals surface area contributed by atoms with Gasteiger partial charge in [-0.3, -0.25) is 4.79 Å². The molecule has 0 aliphatic rings. The zero-order valence-electron chi connectivity index (χ0n) is 9.98. The molecule has 19 heavy (non-hydrogen) atoms. The molecule has 5 heteroatoms. The lowest BCUT2D eigenvalue weighted by Crippen LogP contribution is -1.92. The SMILES string of the molecule is Cc1ccc2cc(-c3cc(Cl)sc3Cl)c(C=O)n2c1. The van der Waals surface area contributed by atoms with Gasteiger partial charge in [0.05, 0.1) is 10.0 Å². The minimum atomic E-state index is 0.593. The van der Waals surface area contributed by atoms with Crippen molar-refractivity contribution in [2.45, 2.75) is 6.92 Å². The van der Waals surface area contributed by atoms with Gasteiger partial charge < -0.3 is 4.40 Å². The molecule has 0 spiro atoms. The summed E-state index contributed by atoms with van der Waals surface area (Å²) in [6, 6.07) is 7.74. The first-order valence-electron chi connectivity index (χ1n) is 5.62. The van der Waals surface area contributed by atoms with Crippen molar-refractivity contribution in [1.29, 1.82) is 0 Å². The molecule has 0 saturated heterocycles. The Kier molecular flexibility index (Phi) is 3.13. The monoisotopic (exact) mass is 309 g/mol. The van der Waals surface area contributed by atoms with Gasteiger partial charge in [0, 0.05) is 22.8 Å². The molecular formula is C14H9Cl2NOS. The number of aryl methyl sites for hydroxylation is 1. The standard InChI is InChI=1S/C14H9Cl2NOS/c1-8-2-3-9-4-10(12(7-18)17(9)6-8)11-5-13(15)19-14(11)16/h2-7H,1H3. The number of thiophene rings is 1. The van der Waals surface area contributed by atoms with Crippen LogP contribution in [0.3, 0.4) is 0 Å². The fourth-order valence-electron chi connectivity index (χ4n) is 2.16. The number of nitrogens with zero attached hydrogens (tertiary/aromatic N) is 1. The number of hydrogen-bond acceptors (Lipinski definition) is 2. The first-order chi connectivity index (χ1) is 9.10. The summed E-state index contributed by atoms with van der Waals surface area (Å²) >= 11 is 13.5. The third kappa shape index (κ3) is 2.08. The van der Waals surface area contributed by atoms with E-state index in [1.54, 1.807) is 6.07 Å². The van der Waals surface area contributed by atoms with E-state index in [1.165, 1.54) is 11.3 Å². The van der Waals surface area contributed by atoms with Crippen LogP contribution >= 0.6 is 34.5 Å². The zero-order valence-corrected chi connectivity index (χ0v) is 12.3. The van der Waals surface area contributed by atoms with Crippen molar-refractivity contribution in [1.82, 2.24) is 4.40 Å². The summed E-state index contributed by atoms with van der Waals surface area (Å²) in [5, 5.41) is 0. The largest absolute Gasteiger partial charge is 0.313 e. The highest BCUT2D eigenvalue weighted by Gasteiger charge is 2.16. The highest BCUT2D eigenvalue weighted by Crippen LogP contribution is 2.40. The molecule has 3 aromatic rings. The molecule has 0 amide bonds. The Morgan fingerprint density at radius 3 is 2.63 bits per heavy atom. The molecule has 3 rings (SSSR count). The van der Waals surface area contributed by atoms with Crippen LogP contribution in [0.1, 0.15) is 16.1 Å². The van der Waals surface area contributed by atoms with E-state index in [1.807, 2.05) is 35.7 Å². The van der Waals surface area contributed by atoms with Crippen LogP contribution in [0, 0.1) is 6.92 Å². The minimum absolute atomic E-state index is 0.593. The molecule has 3 heterocycles. The van der Waals surface area contributed by atoms with Crippen molar-refractivity contribution in [3.63, 3.8) is 0 Å². The molecule has 2 nitrogen and oxygen atoms in total. The van der Waals surface area contributed by atoms with E-state index in [-0.39, 0.29) is 0 Å². The average molecular weight is 310 g/mol. The molecule has 3 aromatic heterocycles. The second-order valence-electron chi connectivity index (χ2n) is 4.30. The quantitative estimate of drug-likeness (QED) is 0.604. The summed E-state index contributed by atoms with van der Waals surface area (Å²) in [4.78, 5) is 11.4. The number of pyridine rings is 1. The second kappa shape index (κ2) is 4.67. The van der Waals surface area contributed by atoms with E-state index in [0.29, 0.717) is 14.4 Å². The van der Waals surface area contributed by atoms with Crippen LogP contribution in [0.5, 0.6) is 0 Å². The zero-order chi connectivity index (χ0) is 13.6. The van der Waals surface area contributed by atoms with Crippen LogP contribution < -0.4 is 0 Å². The van der Waals surface area contributed by atoms with Crippen molar-refractivity contribution in [2.75, 3.05) is 0 Å². The first-order valence-corrected chi connectivity index (χ1v) is 7.19. The van der Waals surface area contributed by atoms with Crippen LogP contribution in [0.2, 0.25) is 8.67 Å². The Labute approximate surface area is 124 Å². The number of carbonyl (C=O) groups excluding carboxylic acids is 1. The summed E-state index contributed by atoms with van der Waals surface area (Å²) in [5.41, 5.74) is 4.26. The van der Waals surface area contributed by atoms with Crippen LogP contribution in [0.25, 0.3) is 16.6 Å². The van der Waals surface area contributed by atoms with Crippen molar-refractivity contribution in [3.05, 3.63) is 50.4 Å². The summed E-state index contributed by atoms with van der Waals surface area (Å²) in [7, 11) is 0. The Morgan fingerprint density at radius 2 is 2.00 bits per heavy atom. The van der Waals surface area contributed by atoms with Gasteiger partial charge in [-0.25, -0.2) is 0 Å².